The second kappa shape index (κ2) is 4.46. The van der Waals surface area contributed by atoms with Gasteiger partial charge in [-0.3, -0.25) is 0 Å². The van der Waals surface area contributed by atoms with Crippen LogP contribution in [0.5, 0.6) is 5.75 Å². The van der Waals surface area contributed by atoms with Crippen molar-refractivity contribution in [2.45, 2.75) is 31.9 Å². The van der Waals surface area contributed by atoms with Crippen molar-refractivity contribution >= 4 is 0 Å². The predicted molar refractivity (Wildman–Crippen MR) is 67.5 cm³/mol. The van der Waals surface area contributed by atoms with Crippen LogP contribution in [-0.4, -0.2) is 25.9 Å². The van der Waals surface area contributed by atoms with Crippen LogP contribution in [0.25, 0.3) is 0 Å². The third-order valence-electron chi connectivity index (χ3n) is 3.38. The Kier molecular flexibility index (Phi) is 2.80. The van der Waals surface area contributed by atoms with Crippen molar-refractivity contribution < 1.29 is 10.2 Å². The number of benzene rings is 1. The summed E-state index contributed by atoms with van der Waals surface area (Å²) in [5.74, 6) is 1.34. The van der Waals surface area contributed by atoms with E-state index in [1.54, 1.807) is 6.07 Å². The second-order valence-corrected chi connectivity index (χ2v) is 4.80. The summed E-state index contributed by atoms with van der Waals surface area (Å²) >= 11 is 0. The lowest BCUT2D eigenvalue weighted by atomic mass is 10.1. The van der Waals surface area contributed by atoms with Crippen LogP contribution >= 0.6 is 0 Å². The first-order chi connectivity index (χ1) is 8.72. The molecule has 3 rings (SSSR count). The number of rotatable bonds is 2. The minimum Gasteiger partial charge on any atom is -0.508 e. The summed E-state index contributed by atoms with van der Waals surface area (Å²) in [6.45, 7) is 0.628. The van der Waals surface area contributed by atoms with Crippen LogP contribution in [0.15, 0.2) is 30.5 Å². The maximum absolute atomic E-state index is 9.74. The Morgan fingerprint density at radius 3 is 3.00 bits per heavy atom. The molecule has 1 aliphatic rings. The Morgan fingerprint density at radius 2 is 2.17 bits per heavy atom. The summed E-state index contributed by atoms with van der Waals surface area (Å²) < 4.78 is 2.02. The molecular weight excluding hydrogens is 228 g/mol. The molecule has 18 heavy (non-hydrogen) atoms. The average molecular weight is 244 g/mol. The van der Waals surface area contributed by atoms with Gasteiger partial charge in [-0.2, -0.15) is 0 Å². The van der Waals surface area contributed by atoms with Gasteiger partial charge in [-0.15, -0.1) is 0 Å². The van der Waals surface area contributed by atoms with E-state index < -0.39 is 0 Å². The number of para-hydroxylation sites is 1. The summed E-state index contributed by atoms with van der Waals surface area (Å²) in [6, 6.07) is 7.32. The largest absolute Gasteiger partial charge is 0.508 e. The Labute approximate surface area is 106 Å². The second-order valence-electron chi connectivity index (χ2n) is 4.80. The number of aromatic hydroxyl groups is 1. The molecule has 0 bridgehead atoms. The average Bonchev–Trinajstić information content (AvgIpc) is 2.73. The zero-order chi connectivity index (χ0) is 12.5. The normalized spacial score (nSPS) is 18.6. The number of hydrogen-bond donors (Lipinski definition) is 2. The number of imidazole rings is 1. The van der Waals surface area contributed by atoms with Crippen molar-refractivity contribution in [3.8, 4) is 5.75 Å². The maximum Gasteiger partial charge on any atom is 0.119 e. The van der Waals surface area contributed by atoms with Gasteiger partial charge in [-0.1, -0.05) is 18.2 Å². The van der Waals surface area contributed by atoms with Gasteiger partial charge in [0.15, 0.2) is 0 Å². The molecule has 2 heterocycles. The standard InChI is InChI=1S/C14H16N2O2/c17-12-5-6-14-15-11(8-16(14)9-12)7-10-3-1-2-4-13(10)18/h1-4,8,12,17-18H,5-7,9H2. The third kappa shape index (κ3) is 2.11. The lowest BCUT2D eigenvalue weighted by Gasteiger charge is -2.18. The molecule has 0 fully saturated rings. The molecule has 4 heteroatoms. The Bertz CT molecular complexity index is 563. The number of aliphatic hydroxyl groups excluding tert-OH is 1. The fourth-order valence-corrected chi connectivity index (χ4v) is 2.43. The molecule has 1 aromatic heterocycles. The van der Waals surface area contributed by atoms with E-state index in [9.17, 15) is 10.2 Å². The highest BCUT2D eigenvalue weighted by Crippen LogP contribution is 2.21. The smallest absolute Gasteiger partial charge is 0.119 e. The van der Waals surface area contributed by atoms with Crippen molar-refractivity contribution in [1.82, 2.24) is 9.55 Å². The number of aromatic nitrogens is 2. The minimum absolute atomic E-state index is 0.260. The van der Waals surface area contributed by atoms with E-state index in [1.807, 2.05) is 29.0 Å². The van der Waals surface area contributed by atoms with Crippen molar-refractivity contribution in [1.29, 1.82) is 0 Å². The Balaban J connectivity index is 1.84. The molecule has 2 N–H and O–H groups in total. The van der Waals surface area contributed by atoms with Crippen molar-refractivity contribution in [3.05, 3.63) is 47.5 Å². The highest BCUT2D eigenvalue weighted by atomic mass is 16.3. The van der Waals surface area contributed by atoms with Crippen LogP contribution in [0.4, 0.5) is 0 Å². The van der Waals surface area contributed by atoms with E-state index in [0.717, 1.165) is 29.9 Å². The molecule has 1 atom stereocenters. The number of phenols is 1. The number of phenolic OH excluding ortho intramolecular Hbond substituents is 1. The first kappa shape index (κ1) is 11.3. The molecule has 1 unspecified atom stereocenters. The molecule has 0 amide bonds. The molecule has 0 saturated heterocycles. The van der Waals surface area contributed by atoms with E-state index in [2.05, 4.69) is 4.98 Å². The molecule has 0 spiro atoms. The lowest BCUT2D eigenvalue weighted by molar-refractivity contribution is 0.130. The molecule has 94 valence electrons. The van der Waals surface area contributed by atoms with Crippen molar-refractivity contribution in [2.24, 2.45) is 0 Å². The number of aryl methyl sites for hydroxylation is 1. The molecule has 1 aliphatic heterocycles. The third-order valence-corrected chi connectivity index (χ3v) is 3.38. The van der Waals surface area contributed by atoms with Crippen LogP contribution in [0.3, 0.4) is 0 Å². The van der Waals surface area contributed by atoms with Crippen LogP contribution < -0.4 is 0 Å². The summed E-state index contributed by atoms with van der Waals surface area (Å²) in [6.07, 6.45) is 3.95. The van der Waals surface area contributed by atoms with Gasteiger partial charge in [-0.25, -0.2) is 4.98 Å². The monoisotopic (exact) mass is 244 g/mol. The minimum atomic E-state index is -0.260. The summed E-state index contributed by atoms with van der Waals surface area (Å²) in [4.78, 5) is 4.56. The fourth-order valence-electron chi connectivity index (χ4n) is 2.43. The Morgan fingerprint density at radius 1 is 1.33 bits per heavy atom. The van der Waals surface area contributed by atoms with Crippen LogP contribution in [0.2, 0.25) is 0 Å². The lowest BCUT2D eigenvalue weighted by Crippen LogP contribution is -2.23. The molecule has 4 nitrogen and oxygen atoms in total. The van der Waals surface area contributed by atoms with Crippen molar-refractivity contribution in [3.63, 3.8) is 0 Å². The van der Waals surface area contributed by atoms with Gasteiger partial charge in [0.05, 0.1) is 11.8 Å². The first-order valence-electron chi connectivity index (χ1n) is 6.22. The van der Waals surface area contributed by atoms with Gasteiger partial charge in [0.2, 0.25) is 0 Å². The van der Waals surface area contributed by atoms with E-state index in [0.29, 0.717) is 18.7 Å². The van der Waals surface area contributed by atoms with Crippen molar-refractivity contribution in [2.75, 3.05) is 0 Å². The number of aliphatic hydroxyl groups is 1. The number of nitrogens with zero attached hydrogens (tertiary/aromatic N) is 2. The molecule has 2 aromatic rings. The van der Waals surface area contributed by atoms with E-state index in [4.69, 9.17) is 0 Å². The maximum atomic E-state index is 9.74. The van der Waals surface area contributed by atoms with Gasteiger partial charge in [0, 0.05) is 25.6 Å². The fraction of sp³-hybridized carbons (Fsp3) is 0.357. The number of hydrogen-bond acceptors (Lipinski definition) is 3. The summed E-state index contributed by atoms with van der Waals surface area (Å²) in [5.41, 5.74) is 1.83. The highest BCUT2D eigenvalue weighted by Gasteiger charge is 2.18. The van der Waals surface area contributed by atoms with Gasteiger partial charge >= 0.3 is 0 Å². The predicted octanol–water partition coefficient (Wildman–Crippen LogP) is 1.49. The molecule has 0 radical (unpaired) electrons. The highest BCUT2D eigenvalue weighted by molar-refractivity contribution is 5.34. The molecule has 0 saturated carbocycles. The van der Waals surface area contributed by atoms with E-state index >= 15 is 0 Å². The van der Waals surface area contributed by atoms with Crippen LogP contribution in [-0.2, 0) is 19.4 Å². The molecule has 0 aliphatic carbocycles. The summed E-state index contributed by atoms with van der Waals surface area (Å²) in [7, 11) is 0. The zero-order valence-corrected chi connectivity index (χ0v) is 10.1. The van der Waals surface area contributed by atoms with E-state index in [-0.39, 0.29) is 6.10 Å². The van der Waals surface area contributed by atoms with Crippen LogP contribution in [0, 0.1) is 0 Å². The van der Waals surface area contributed by atoms with Crippen LogP contribution in [0.1, 0.15) is 23.5 Å². The SMILES string of the molecule is Oc1ccccc1Cc1cn2c(n1)CCC(O)C2. The van der Waals surface area contributed by atoms with Gasteiger partial charge < -0.3 is 14.8 Å². The molecule has 1 aromatic carbocycles. The topological polar surface area (TPSA) is 58.3 Å². The molecular formula is C14H16N2O2. The van der Waals surface area contributed by atoms with Gasteiger partial charge in [0.1, 0.15) is 11.6 Å². The van der Waals surface area contributed by atoms with E-state index in [1.165, 1.54) is 0 Å². The Hall–Kier alpha value is -1.81. The van der Waals surface area contributed by atoms with Gasteiger partial charge in [-0.05, 0) is 18.1 Å². The quantitative estimate of drug-likeness (QED) is 0.841. The van der Waals surface area contributed by atoms with Gasteiger partial charge in [0.25, 0.3) is 0 Å². The number of fused-ring (bicyclic) bond motifs is 1. The summed E-state index contributed by atoms with van der Waals surface area (Å²) in [5, 5.41) is 19.4. The first-order valence-corrected chi connectivity index (χ1v) is 6.22. The zero-order valence-electron chi connectivity index (χ0n) is 10.1.